The number of rotatable bonds is 12. The number of amides is 1. The van der Waals surface area contributed by atoms with Crippen molar-refractivity contribution in [2.24, 2.45) is 0 Å². The van der Waals surface area contributed by atoms with E-state index in [2.05, 4.69) is 0 Å². The van der Waals surface area contributed by atoms with E-state index in [1.807, 2.05) is 4.90 Å². The number of carbonyl (C=O) groups is 1. The van der Waals surface area contributed by atoms with Crippen LogP contribution in [0.25, 0.3) is 22.0 Å². The molecule has 1 unspecified atom stereocenters. The zero-order valence-corrected chi connectivity index (χ0v) is 29.7. The second kappa shape index (κ2) is 16.7. The van der Waals surface area contributed by atoms with Gasteiger partial charge in [-0.2, -0.15) is 13.2 Å². The summed E-state index contributed by atoms with van der Waals surface area (Å²) in [7, 11) is -2.52. The van der Waals surface area contributed by atoms with E-state index in [1.54, 1.807) is 60.0 Å². The van der Waals surface area contributed by atoms with E-state index in [0.29, 0.717) is 65.1 Å². The van der Waals surface area contributed by atoms with Crippen molar-refractivity contribution < 1.29 is 37.0 Å². The Labute approximate surface area is 314 Å². The average molecular weight is 754 g/mol. The van der Waals surface area contributed by atoms with Crippen LogP contribution in [0.4, 0.5) is 22.0 Å². The summed E-state index contributed by atoms with van der Waals surface area (Å²) in [5, 5.41) is 0.686. The summed E-state index contributed by atoms with van der Waals surface area (Å²) in [5.74, 6) is -2.50. The number of halogens is 5. The summed E-state index contributed by atoms with van der Waals surface area (Å²) in [6, 6.07) is 21.3. The molecule has 0 bridgehead atoms. The molecular formula is C41H40F5N3O3S. The Bertz CT molecular complexity index is 2260. The van der Waals surface area contributed by atoms with Crippen molar-refractivity contribution in [3.05, 3.63) is 136 Å². The standard InChI is InChI=1S/C41H40F5N3O3S/c1-27(28-10-12-29(13-11-28)30-14-16-32(17-15-30)41(44,45)46)49(33-18-20-47(21-19-33)22-23-52-2)38(51)25-48-36-9-4-3-7-34(36)37(50)24-39(48)53-26-31-6-5-8-35(42)40(31)43/h3-17,24,27,33H,18-23,25-26H2,1-2H3/i2D3,27D. The number of methoxy groups -OCH3 is 1. The van der Waals surface area contributed by atoms with Crippen LogP contribution in [0.2, 0.25) is 0 Å². The van der Waals surface area contributed by atoms with Crippen LogP contribution in [0.3, 0.4) is 0 Å². The number of aromatic nitrogens is 1. The van der Waals surface area contributed by atoms with Crippen molar-refractivity contribution in [1.82, 2.24) is 14.4 Å². The van der Waals surface area contributed by atoms with Gasteiger partial charge in [0, 0.05) is 55.5 Å². The minimum Gasteiger partial charge on any atom is -0.383 e. The van der Waals surface area contributed by atoms with Crippen molar-refractivity contribution in [2.45, 2.75) is 55.3 Å². The summed E-state index contributed by atoms with van der Waals surface area (Å²) in [5.41, 5.74) is 1.03. The Morgan fingerprint density at radius 1 is 0.981 bits per heavy atom. The molecule has 6 rings (SSSR count). The Hall–Kier alpha value is -4.52. The quantitative estimate of drug-likeness (QED) is 0.0941. The van der Waals surface area contributed by atoms with Crippen molar-refractivity contribution in [2.75, 3.05) is 33.3 Å². The molecule has 6 nitrogen and oxygen atoms in total. The molecule has 1 saturated heterocycles. The van der Waals surface area contributed by atoms with Gasteiger partial charge in [-0.25, -0.2) is 8.78 Å². The molecule has 12 heteroatoms. The molecule has 4 aromatic carbocycles. The van der Waals surface area contributed by atoms with Crippen LogP contribution in [-0.4, -0.2) is 59.6 Å². The van der Waals surface area contributed by atoms with Gasteiger partial charge in [-0.1, -0.05) is 60.7 Å². The number of ether oxygens (including phenoxy) is 1. The maximum atomic E-state index is 14.9. The maximum Gasteiger partial charge on any atom is 0.416 e. The number of likely N-dealkylation sites (tertiary alicyclic amines) is 1. The van der Waals surface area contributed by atoms with Crippen molar-refractivity contribution in [1.29, 1.82) is 0 Å². The number of nitrogens with zero attached hydrogens (tertiary/aromatic N) is 3. The highest BCUT2D eigenvalue weighted by atomic mass is 32.2. The summed E-state index contributed by atoms with van der Waals surface area (Å²) in [6.45, 7) is 2.62. The SMILES string of the molecule is [2H]C([2H])([2H])OCCN1CCC(N(C(=O)Cn2c(SCc3cccc(F)c3F)cc(=O)c3ccccc32)C([2H])(C)c2ccc(-c3ccc(C(F)(F)F)cc3)cc2)CC1. The molecule has 278 valence electrons. The van der Waals surface area contributed by atoms with Crippen LogP contribution in [-0.2, 0) is 28.0 Å². The Balaban J connectivity index is 1.33. The molecule has 1 amide bonds. The average Bonchev–Trinajstić information content (AvgIpc) is 3.16. The van der Waals surface area contributed by atoms with Crippen LogP contribution in [0.1, 0.15) is 48.0 Å². The molecule has 53 heavy (non-hydrogen) atoms. The topological polar surface area (TPSA) is 54.8 Å². The van der Waals surface area contributed by atoms with E-state index in [1.165, 1.54) is 35.2 Å². The third kappa shape index (κ3) is 8.83. The highest BCUT2D eigenvalue weighted by Crippen LogP contribution is 2.34. The highest BCUT2D eigenvalue weighted by molar-refractivity contribution is 7.98. The van der Waals surface area contributed by atoms with Gasteiger partial charge in [0.2, 0.25) is 5.91 Å². The maximum absolute atomic E-state index is 14.9. The molecule has 1 aliphatic heterocycles. The zero-order chi connectivity index (χ0) is 41.1. The number of hydrogen-bond acceptors (Lipinski definition) is 5. The second-order valence-electron chi connectivity index (χ2n) is 12.9. The molecule has 1 aliphatic rings. The van der Waals surface area contributed by atoms with Gasteiger partial charge in [0.15, 0.2) is 17.1 Å². The van der Waals surface area contributed by atoms with Crippen molar-refractivity contribution in [3.63, 3.8) is 0 Å². The van der Waals surface area contributed by atoms with Crippen LogP contribution in [0.5, 0.6) is 0 Å². The van der Waals surface area contributed by atoms with E-state index < -0.39 is 48.4 Å². The van der Waals surface area contributed by atoms with Crippen molar-refractivity contribution in [3.8, 4) is 11.1 Å². The molecule has 1 fully saturated rings. The first-order valence-electron chi connectivity index (χ1n) is 19.1. The predicted molar refractivity (Wildman–Crippen MR) is 198 cm³/mol. The second-order valence-corrected chi connectivity index (χ2v) is 13.9. The minimum absolute atomic E-state index is 0.00928. The lowest BCUT2D eigenvalue weighted by atomic mass is 9.96. The van der Waals surface area contributed by atoms with E-state index in [4.69, 9.17) is 8.85 Å². The molecule has 0 N–H and O–H groups in total. The number of para-hydroxylation sites is 1. The first-order valence-corrected chi connectivity index (χ1v) is 18.1. The van der Waals surface area contributed by atoms with Gasteiger partial charge < -0.3 is 19.1 Å². The normalized spacial score (nSPS) is 16.7. The lowest BCUT2D eigenvalue weighted by Crippen LogP contribution is -2.49. The number of alkyl halides is 3. The van der Waals surface area contributed by atoms with Gasteiger partial charge in [-0.3, -0.25) is 9.59 Å². The van der Waals surface area contributed by atoms with E-state index in [-0.39, 0.29) is 29.9 Å². The number of carbonyl (C=O) groups excluding carboxylic acids is 1. The fraction of sp³-hybridized carbons (Fsp3) is 0.317. The van der Waals surface area contributed by atoms with Gasteiger partial charge in [0.1, 0.15) is 6.54 Å². The largest absolute Gasteiger partial charge is 0.416 e. The summed E-state index contributed by atoms with van der Waals surface area (Å²) < 4.78 is 107. The molecule has 0 aliphatic carbocycles. The molecular weight excluding hydrogens is 710 g/mol. The van der Waals surface area contributed by atoms with Gasteiger partial charge in [0.25, 0.3) is 0 Å². The molecule has 0 saturated carbocycles. The Kier molecular flexibility index (Phi) is 10.4. The number of piperidine rings is 1. The lowest BCUT2D eigenvalue weighted by Gasteiger charge is -2.42. The summed E-state index contributed by atoms with van der Waals surface area (Å²) in [6.07, 6.45) is -3.58. The van der Waals surface area contributed by atoms with Crippen LogP contribution < -0.4 is 5.43 Å². The minimum atomic E-state index is -4.48. The summed E-state index contributed by atoms with van der Waals surface area (Å²) >= 11 is 1.07. The monoisotopic (exact) mass is 753 g/mol. The third-order valence-electron chi connectivity index (χ3n) is 9.59. The molecule has 1 aromatic heterocycles. The fourth-order valence-corrected chi connectivity index (χ4v) is 7.78. The van der Waals surface area contributed by atoms with Gasteiger partial charge >= 0.3 is 6.18 Å². The Morgan fingerprint density at radius 2 is 1.66 bits per heavy atom. The Morgan fingerprint density at radius 3 is 2.34 bits per heavy atom. The molecule has 0 radical (unpaired) electrons. The zero-order valence-electron chi connectivity index (χ0n) is 32.8. The van der Waals surface area contributed by atoms with E-state index in [9.17, 15) is 32.9 Å². The highest BCUT2D eigenvalue weighted by Gasteiger charge is 2.33. The van der Waals surface area contributed by atoms with Crippen LogP contribution in [0.15, 0.2) is 107 Å². The predicted octanol–water partition coefficient (Wildman–Crippen LogP) is 8.96. The van der Waals surface area contributed by atoms with Crippen molar-refractivity contribution >= 4 is 28.6 Å². The molecule has 2 heterocycles. The number of pyridine rings is 1. The number of fused-ring (bicyclic) bond motifs is 1. The number of hydrogen-bond donors (Lipinski definition) is 0. The van der Waals surface area contributed by atoms with Gasteiger partial charge in [-0.15, -0.1) is 11.8 Å². The summed E-state index contributed by atoms with van der Waals surface area (Å²) in [4.78, 5) is 31.7. The third-order valence-corrected chi connectivity index (χ3v) is 10.7. The van der Waals surface area contributed by atoms with Crippen LogP contribution in [0, 0.1) is 11.6 Å². The molecule has 5 aromatic rings. The first-order chi connectivity index (χ1) is 26.9. The molecule has 1 atom stereocenters. The van der Waals surface area contributed by atoms with Gasteiger partial charge in [-0.05, 0) is 66.8 Å². The molecule has 0 spiro atoms. The first kappa shape index (κ1) is 33.1. The van der Waals surface area contributed by atoms with Crippen LogP contribution >= 0.6 is 11.8 Å². The van der Waals surface area contributed by atoms with E-state index in [0.717, 1.165) is 30.0 Å². The number of benzene rings is 4. The van der Waals surface area contributed by atoms with E-state index >= 15 is 0 Å². The fourth-order valence-electron chi connectivity index (χ4n) is 6.74. The number of thioether (sulfide) groups is 1. The lowest BCUT2D eigenvalue weighted by molar-refractivity contribution is -0.138. The smallest absolute Gasteiger partial charge is 0.383 e. The van der Waals surface area contributed by atoms with Gasteiger partial charge in [0.05, 0.1) is 34.2 Å².